The molecule has 2 saturated carbocycles. The van der Waals surface area contributed by atoms with Gasteiger partial charge in [0.25, 0.3) is 0 Å². The highest BCUT2D eigenvalue weighted by Crippen LogP contribution is 2.38. The van der Waals surface area contributed by atoms with Crippen LogP contribution in [-0.2, 0) is 0 Å². The van der Waals surface area contributed by atoms with Gasteiger partial charge in [-0.2, -0.15) is 0 Å². The van der Waals surface area contributed by atoms with E-state index in [0.29, 0.717) is 6.04 Å². The monoisotopic (exact) mass is 271 g/mol. The molecule has 2 fully saturated rings. The number of rotatable bonds is 6. The van der Waals surface area contributed by atoms with Crippen LogP contribution in [0.2, 0.25) is 0 Å². The summed E-state index contributed by atoms with van der Waals surface area (Å²) in [7, 11) is 0. The van der Waals surface area contributed by atoms with Crippen molar-refractivity contribution in [1.29, 1.82) is 0 Å². The second kappa shape index (κ2) is 6.76. The Balaban J connectivity index is 1.71. The lowest BCUT2D eigenvalue weighted by atomic mass is 9.79. The van der Waals surface area contributed by atoms with E-state index in [4.69, 9.17) is 0 Å². The summed E-state index contributed by atoms with van der Waals surface area (Å²) in [5.74, 6) is 1.80. The average Bonchev–Trinajstić information content (AvgIpc) is 2.90. The van der Waals surface area contributed by atoms with Crippen LogP contribution in [0.4, 0.5) is 0 Å². The summed E-state index contributed by atoms with van der Waals surface area (Å²) in [6.45, 7) is 3.31. The summed E-state index contributed by atoms with van der Waals surface area (Å²) >= 11 is 0. The van der Waals surface area contributed by atoms with Gasteiger partial charge in [0.05, 0.1) is 0 Å². The van der Waals surface area contributed by atoms with Gasteiger partial charge in [-0.05, 0) is 48.8 Å². The van der Waals surface area contributed by atoms with E-state index in [1.807, 2.05) is 0 Å². The summed E-state index contributed by atoms with van der Waals surface area (Å²) in [5, 5.41) is 3.73. The molecule has 1 aromatic carbocycles. The summed E-state index contributed by atoms with van der Waals surface area (Å²) in [6.07, 6.45) is 11.4. The third-order valence-electron chi connectivity index (χ3n) is 5.38. The highest BCUT2D eigenvalue weighted by atomic mass is 14.9. The maximum absolute atomic E-state index is 3.73. The molecule has 0 aromatic heterocycles. The van der Waals surface area contributed by atoms with Gasteiger partial charge in [0, 0.05) is 6.04 Å². The molecule has 0 saturated heterocycles. The summed E-state index contributed by atoms with van der Waals surface area (Å²) in [5.41, 5.74) is 3.12. The maximum Gasteiger partial charge on any atom is 0.0322 e. The summed E-state index contributed by atoms with van der Waals surface area (Å²) in [4.78, 5) is 0. The van der Waals surface area contributed by atoms with Crippen LogP contribution in [-0.4, -0.2) is 6.54 Å². The number of nitrogens with one attached hydrogen (secondary N) is 1. The molecular weight excluding hydrogens is 242 g/mol. The van der Waals surface area contributed by atoms with Crippen molar-refractivity contribution in [3.05, 3.63) is 35.4 Å². The molecule has 0 aliphatic heterocycles. The van der Waals surface area contributed by atoms with Crippen LogP contribution in [0.3, 0.4) is 0 Å². The Morgan fingerprint density at radius 2 is 1.90 bits per heavy atom. The van der Waals surface area contributed by atoms with E-state index in [1.54, 1.807) is 5.56 Å². The smallest absolute Gasteiger partial charge is 0.0322 e. The Morgan fingerprint density at radius 1 is 1.10 bits per heavy atom. The Morgan fingerprint density at radius 3 is 2.55 bits per heavy atom. The van der Waals surface area contributed by atoms with Gasteiger partial charge in [-0.15, -0.1) is 0 Å². The first-order valence-corrected chi connectivity index (χ1v) is 8.70. The fraction of sp³-hybridized carbons (Fsp3) is 0.684. The lowest BCUT2D eigenvalue weighted by Crippen LogP contribution is -2.23. The molecular formula is C19H29N. The molecule has 0 amide bonds. The van der Waals surface area contributed by atoms with Gasteiger partial charge < -0.3 is 5.32 Å². The van der Waals surface area contributed by atoms with Crippen molar-refractivity contribution < 1.29 is 0 Å². The maximum atomic E-state index is 3.73. The predicted molar refractivity (Wildman–Crippen MR) is 86.0 cm³/mol. The minimum Gasteiger partial charge on any atom is -0.310 e. The topological polar surface area (TPSA) is 12.0 Å². The Hall–Kier alpha value is -0.820. The van der Waals surface area contributed by atoms with Crippen LogP contribution in [0, 0.1) is 5.92 Å². The molecule has 2 aliphatic rings. The standard InChI is InChI=1S/C19H29N/c1-2-20-19(13-15-7-3-4-8-15)18-12-6-11-17(14-18)16-9-5-10-16/h6,11-12,14-16,19-20H,2-5,7-10,13H2,1H3. The van der Waals surface area contributed by atoms with E-state index in [2.05, 4.69) is 36.5 Å². The quantitative estimate of drug-likeness (QED) is 0.751. The lowest BCUT2D eigenvalue weighted by Gasteiger charge is -2.28. The molecule has 3 rings (SSSR count). The molecule has 1 unspecified atom stereocenters. The molecule has 1 N–H and O–H groups in total. The van der Waals surface area contributed by atoms with E-state index in [1.165, 1.54) is 56.9 Å². The molecule has 110 valence electrons. The minimum absolute atomic E-state index is 0.572. The molecule has 20 heavy (non-hydrogen) atoms. The van der Waals surface area contributed by atoms with E-state index in [-0.39, 0.29) is 0 Å². The zero-order chi connectivity index (χ0) is 13.8. The normalized spacial score (nSPS) is 21.9. The zero-order valence-corrected chi connectivity index (χ0v) is 12.9. The molecule has 1 nitrogen and oxygen atoms in total. The summed E-state index contributed by atoms with van der Waals surface area (Å²) in [6, 6.07) is 10.0. The SMILES string of the molecule is CCNC(CC1CCCC1)c1cccc(C2CCC2)c1. The number of hydrogen-bond acceptors (Lipinski definition) is 1. The second-order valence-electron chi connectivity index (χ2n) is 6.79. The van der Waals surface area contributed by atoms with Crippen LogP contribution < -0.4 is 5.32 Å². The third-order valence-corrected chi connectivity index (χ3v) is 5.38. The van der Waals surface area contributed by atoms with Crippen molar-refractivity contribution in [2.45, 2.75) is 70.3 Å². The minimum atomic E-state index is 0.572. The first kappa shape index (κ1) is 14.1. The van der Waals surface area contributed by atoms with Gasteiger partial charge in [-0.25, -0.2) is 0 Å². The number of benzene rings is 1. The number of hydrogen-bond donors (Lipinski definition) is 1. The second-order valence-corrected chi connectivity index (χ2v) is 6.79. The largest absolute Gasteiger partial charge is 0.310 e. The van der Waals surface area contributed by atoms with Crippen molar-refractivity contribution in [2.24, 2.45) is 5.92 Å². The van der Waals surface area contributed by atoms with Gasteiger partial charge in [-0.1, -0.05) is 63.3 Å². The first-order valence-electron chi connectivity index (χ1n) is 8.70. The first-order chi connectivity index (χ1) is 9.86. The fourth-order valence-electron chi connectivity index (χ4n) is 3.93. The fourth-order valence-corrected chi connectivity index (χ4v) is 3.93. The van der Waals surface area contributed by atoms with Gasteiger partial charge in [-0.3, -0.25) is 0 Å². The van der Waals surface area contributed by atoms with E-state index in [9.17, 15) is 0 Å². The van der Waals surface area contributed by atoms with Crippen LogP contribution in [0.1, 0.15) is 81.4 Å². The van der Waals surface area contributed by atoms with E-state index < -0.39 is 0 Å². The van der Waals surface area contributed by atoms with Crippen LogP contribution in [0.5, 0.6) is 0 Å². The molecule has 0 heterocycles. The lowest BCUT2D eigenvalue weighted by molar-refractivity contribution is 0.397. The molecule has 1 atom stereocenters. The highest BCUT2D eigenvalue weighted by molar-refractivity contribution is 5.29. The van der Waals surface area contributed by atoms with Gasteiger partial charge in [0.2, 0.25) is 0 Å². The third kappa shape index (κ3) is 3.25. The van der Waals surface area contributed by atoms with E-state index in [0.717, 1.165) is 18.4 Å². The summed E-state index contributed by atoms with van der Waals surface area (Å²) < 4.78 is 0. The van der Waals surface area contributed by atoms with E-state index >= 15 is 0 Å². The van der Waals surface area contributed by atoms with Crippen molar-refractivity contribution in [3.63, 3.8) is 0 Å². The predicted octanol–water partition coefficient (Wildman–Crippen LogP) is 5.19. The zero-order valence-electron chi connectivity index (χ0n) is 12.9. The van der Waals surface area contributed by atoms with Crippen LogP contribution >= 0.6 is 0 Å². The van der Waals surface area contributed by atoms with Crippen molar-refractivity contribution in [3.8, 4) is 0 Å². The highest BCUT2D eigenvalue weighted by Gasteiger charge is 2.23. The van der Waals surface area contributed by atoms with Crippen LogP contribution in [0.15, 0.2) is 24.3 Å². The molecule has 2 aliphatic carbocycles. The van der Waals surface area contributed by atoms with Gasteiger partial charge in [0.15, 0.2) is 0 Å². The molecule has 0 bridgehead atoms. The molecule has 1 aromatic rings. The van der Waals surface area contributed by atoms with Crippen molar-refractivity contribution in [2.75, 3.05) is 6.54 Å². The molecule has 0 radical (unpaired) electrons. The molecule has 1 heteroatoms. The average molecular weight is 271 g/mol. The van der Waals surface area contributed by atoms with Crippen molar-refractivity contribution in [1.82, 2.24) is 5.32 Å². The Bertz CT molecular complexity index is 416. The van der Waals surface area contributed by atoms with Gasteiger partial charge >= 0.3 is 0 Å². The molecule has 0 spiro atoms. The Kier molecular flexibility index (Phi) is 4.77. The van der Waals surface area contributed by atoms with Crippen molar-refractivity contribution >= 4 is 0 Å². The van der Waals surface area contributed by atoms with Gasteiger partial charge in [0.1, 0.15) is 0 Å². The van der Waals surface area contributed by atoms with Crippen LogP contribution in [0.25, 0.3) is 0 Å². The Labute approximate surface area is 124 Å².